The van der Waals surface area contributed by atoms with Gasteiger partial charge in [-0.2, -0.15) is 0 Å². The van der Waals surface area contributed by atoms with E-state index < -0.39 is 0 Å². The van der Waals surface area contributed by atoms with E-state index in [1.807, 2.05) is 0 Å². The number of hydrogen-bond donors (Lipinski definition) is 0. The van der Waals surface area contributed by atoms with Crippen molar-refractivity contribution in [3.8, 4) is 112 Å². The predicted molar refractivity (Wildman–Crippen MR) is 500 cm³/mol. The van der Waals surface area contributed by atoms with Gasteiger partial charge in [-0.25, -0.2) is 0 Å². The monoisotopic (exact) mass is 1500 g/mol. The molecule has 2 aromatic heterocycles. The third-order valence-electron chi connectivity index (χ3n) is 22.9. The molecule has 0 spiro atoms. The molecule has 4 nitrogen and oxygen atoms in total. The Bertz CT molecular complexity index is 6910. The number of benzene rings is 19. The van der Waals surface area contributed by atoms with E-state index in [4.69, 9.17) is 0 Å². The molecule has 0 atom stereocenters. The fraction of sp³-hybridized carbons (Fsp3) is 0. The first-order chi connectivity index (χ1) is 58.5. The Morgan fingerprint density at radius 3 is 0.593 bits per heavy atom. The number of hydrogen-bond acceptors (Lipinski definition) is 2. The van der Waals surface area contributed by atoms with Crippen molar-refractivity contribution in [3.63, 3.8) is 0 Å². The van der Waals surface area contributed by atoms with Crippen LogP contribution in [0.3, 0.4) is 0 Å². The summed E-state index contributed by atoms with van der Waals surface area (Å²) < 4.78 is 4.81. The van der Waals surface area contributed by atoms with Crippen LogP contribution in [-0.2, 0) is 0 Å². The fourth-order valence-electron chi connectivity index (χ4n) is 17.0. The van der Waals surface area contributed by atoms with Crippen LogP contribution in [0.4, 0.5) is 34.1 Å². The molecule has 0 unspecified atom stereocenters. The van der Waals surface area contributed by atoms with Crippen LogP contribution in [-0.4, -0.2) is 9.13 Å². The van der Waals surface area contributed by atoms with E-state index in [9.17, 15) is 0 Å². The molecule has 0 aliphatic rings. The van der Waals surface area contributed by atoms with Gasteiger partial charge < -0.3 is 18.9 Å². The third kappa shape index (κ3) is 14.2. The second kappa shape index (κ2) is 32.1. The molecule has 4 heteroatoms. The van der Waals surface area contributed by atoms with Crippen molar-refractivity contribution in [3.05, 3.63) is 485 Å². The van der Waals surface area contributed by atoms with E-state index in [0.29, 0.717) is 0 Å². The molecule has 21 aromatic rings. The Labute approximate surface area is 688 Å². The molecule has 0 saturated heterocycles. The average Bonchev–Trinajstić information content (AvgIpc) is 1.58. The van der Waals surface area contributed by atoms with Gasteiger partial charge in [0.15, 0.2) is 0 Å². The molecule has 21 rings (SSSR count). The minimum Gasteiger partial charge on any atom is -0.310 e. The van der Waals surface area contributed by atoms with E-state index in [1.54, 1.807) is 0 Å². The van der Waals surface area contributed by atoms with Gasteiger partial charge in [0, 0.05) is 55.7 Å². The quantitative estimate of drug-likeness (QED) is 0.0903. The van der Waals surface area contributed by atoms with E-state index in [2.05, 4.69) is 504 Å². The lowest BCUT2D eigenvalue weighted by Gasteiger charge is -2.27. The van der Waals surface area contributed by atoms with Crippen LogP contribution in [0, 0.1) is 0 Å². The summed E-state index contributed by atoms with van der Waals surface area (Å²) in [5.41, 5.74) is 35.2. The predicted octanol–water partition coefficient (Wildman–Crippen LogP) is 31.5. The van der Waals surface area contributed by atoms with Crippen molar-refractivity contribution in [1.29, 1.82) is 0 Å². The number of aromatic nitrogens is 2. The molecular formula is C114H80N4. The Kier molecular flexibility index (Phi) is 19.4. The number of rotatable bonds is 17. The molecule has 0 fully saturated rings. The Hall–Kier alpha value is -15.6. The maximum Gasteiger partial charge on any atom is 0.0562 e. The molecule has 2 heterocycles. The first-order valence-electron chi connectivity index (χ1n) is 40.4. The minimum atomic E-state index is 1.09. The van der Waals surface area contributed by atoms with E-state index in [0.717, 1.165) is 56.5 Å². The molecular weight excluding hydrogens is 1430 g/mol. The molecule has 0 amide bonds. The van der Waals surface area contributed by atoms with Crippen LogP contribution in [0.1, 0.15) is 0 Å². The smallest absolute Gasteiger partial charge is 0.0562 e. The third-order valence-corrected chi connectivity index (χ3v) is 22.9. The zero-order valence-electron chi connectivity index (χ0n) is 65.0. The highest BCUT2D eigenvalue weighted by Gasteiger charge is 2.25. The minimum absolute atomic E-state index is 1.09. The first kappa shape index (κ1) is 71.4. The number of para-hydroxylation sites is 2. The van der Waals surface area contributed by atoms with E-state index in [-0.39, 0.29) is 0 Å². The number of fused-ring (bicyclic) bond motifs is 6. The summed E-state index contributed by atoms with van der Waals surface area (Å²) in [5, 5.41) is 4.84. The average molecular weight is 1510 g/mol. The normalized spacial score (nSPS) is 11.2. The van der Waals surface area contributed by atoms with E-state index >= 15 is 0 Å². The summed E-state index contributed by atoms with van der Waals surface area (Å²) in [7, 11) is 0. The van der Waals surface area contributed by atoms with Gasteiger partial charge >= 0.3 is 0 Å². The van der Waals surface area contributed by atoms with Gasteiger partial charge in [-0.1, -0.05) is 370 Å². The maximum absolute atomic E-state index is 2.42. The fourth-order valence-corrected chi connectivity index (χ4v) is 17.0. The van der Waals surface area contributed by atoms with E-state index in [1.165, 1.54) is 133 Å². The highest BCUT2D eigenvalue weighted by Crippen LogP contribution is 2.48. The second-order valence-electron chi connectivity index (χ2n) is 29.9. The first-order valence-corrected chi connectivity index (χ1v) is 40.4. The van der Waals surface area contributed by atoms with Crippen molar-refractivity contribution in [1.82, 2.24) is 9.13 Å². The summed E-state index contributed by atoms with van der Waals surface area (Å²) in [6.45, 7) is 0. The van der Waals surface area contributed by atoms with Gasteiger partial charge in [0.2, 0.25) is 0 Å². The van der Waals surface area contributed by atoms with Gasteiger partial charge in [-0.15, -0.1) is 0 Å². The van der Waals surface area contributed by atoms with Crippen LogP contribution in [0.2, 0.25) is 0 Å². The lowest BCUT2D eigenvalue weighted by Crippen LogP contribution is -2.10. The van der Waals surface area contributed by atoms with Crippen LogP contribution in [0.5, 0.6) is 0 Å². The largest absolute Gasteiger partial charge is 0.310 e. The van der Waals surface area contributed by atoms with Crippen molar-refractivity contribution in [2.24, 2.45) is 0 Å². The molecule has 0 saturated carbocycles. The van der Waals surface area contributed by atoms with Gasteiger partial charge in [0.1, 0.15) is 0 Å². The van der Waals surface area contributed by atoms with Crippen LogP contribution in [0.25, 0.3) is 155 Å². The van der Waals surface area contributed by atoms with Gasteiger partial charge in [0.05, 0.1) is 33.4 Å². The standard InChI is InChI=1S/C60H42N2.C54H38N2/c1-4-13-43(14-5-1)46-23-27-48(28-24-46)51-31-37-53(38-32-51)61(54-39-33-52(34-40-54)49-29-25-47(26-30-49)44-15-6-2-7-16-44)58-21-12-22-59-60(58)56-19-10-11-20-57(56)62(59)55-41-35-50(36-42-55)45-17-8-3-9-18-45;1-4-14-39(15-5-1)42-26-32-47(33-27-42)55(48-34-30-44(31-35-48)46-21-12-20-45(38-46)41-18-8-3-9-19-41)52-24-13-25-53-54(52)50-22-10-11-23-51(50)56(53)49-36-28-43(29-37-49)40-16-6-2-7-17-40/h1-42H;1-38H. The molecule has 19 aromatic carbocycles. The Morgan fingerprint density at radius 2 is 0.322 bits per heavy atom. The SMILES string of the molecule is c1ccc(-c2ccc(-c3ccc(N(c4ccc(-c5ccc(-c6ccccc6)cc5)cc4)c4cccc5c4c4ccccc4n5-c4ccc(-c5ccccc5)cc4)cc3)cc2)cc1.c1ccc(-c2ccc(N(c3ccc(-c4cccc(-c5ccccc5)c4)cc3)c3cccc4c3c3ccccc3n4-c3ccc(-c4ccccc4)cc3)cc2)cc1. The van der Waals surface area contributed by atoms with Crippen molar-refractivity contribution in [2.45, 2.75) is 0 Å². The van der Waals surface area contributed by atoms with Gasteiger partial charge in [-0.3, -0.25) is 0 Å². The molecule has 0 N–H and O–H groups in total. The summed E-state index contributed by atoms with van der Waals surface area (Å²) in [5.74, 6) is 0. The summed E-state index contributed by atoms with van der Waals surface area (Å²) >= 11 is 0. The Balaban J connectivity index is 0.000000152. The number of anilines is 6. The van der Waals surface area contributed by atoms with Crippen LogP contribution >= 0.6 is 0 Å². The van der Waals surface area contributed by atoms with Crippen molar-refractivity contribution >= 4 is 77.7 Å². The maximum atomic E-state index is 2.42. The molecule has 556 valence electrons. The van der Waals surface area contributed by atoms with Crippen molar-refractivity contribution in [2.75, 3.05) is 9.80 Å². The highest BCUT2D eigenvalue weighted by molar-refractivity contribution is 6.18. The summed E-state index contributed by atoms with van der Waals surface area (Å²) in [4.78, 5) is 4.83. The molecule has 0 aliphatic heterocycles. The lowest BCUT2D eigenvalue weighted by molar-refractivity contribution is 1.18. The zero-order valence-corrected chi connectivity index (χ0v) is 65.0. The lowest BCUT2D eigenvalue weighted by atomic mass is 9.98. The molecule has 118 heavy (non-hydrogen) atoms. The topological polar surface area (TPSA) is 16.3 Å². The zero-order chi connectivity index (χ0) is 78.5. The Morgan fingerprint density at radius 1 is 0.136 bits per heavy atom. The summed E-state index contributed by atoms with van der Waals surface area (Å²) in [6.07, 6.45) is 0. The highest BCUT2D eigenvalue weighted by atomic mass is 15.2. The van der Waals surface area contributed by atoms with Gasteiger partial charge in [0.25, 0.3) is 0 Å². The molecule has 0 radical (unpaired) electrons. The van der Waals surface area contributed by atoms with Crippen molar-refractivity contribution < 1.29 is 0 Å². The van der Waals surface area contributed by atoms with Crippen LogP contribution in [0.15, 0.2) is 485 Å². The van der Waals surface area contributed by atoms with Gasteiger partial charge in [-0.05, 0) is 215 Å². The van der Waals surface area contributed by atoms with Crippen LogP contribution < -0.4 is 9.80 Å². The summed E-state index contributed by atoms with van der Waals surface area (Å²) in [6, 6.07) is 175. The molecule has 0 bridgehead atoms. The second-order valence-corrected chi connectivity index (χ2v) is 29.9. The number of nitrogens with zero attached hydrogens (tertiary/aromatic N) is 4. The molecule has 0 aliphatic carbocycles.